The summed E-state index contributed by atoms with van der Waals surface area (Å²) in [7, 11) is 4.31. The molecule has 31 heavy (non-hydrogen) atoms. The summed E-state index contributed by atoms with van der Waals surface area (Å²) in [6, 6.07) is 0.220. The highest BCUT2D eigenvalue weighted by molar-refractivity contribution is 5.80. The van der Waals surface area contributed by atoms with E-state index < -0.39 is 11.3 Å². The van der Waals surface area contributed by atoms with Crippen molar-refractivity contribution in [1.29, 1.82) is 0 Å². The molecular formula is C22H44N6O3. The number of nitrogens with one attached hydrogen (secondary N) is 2. The van der Waals surface area contributed by atoms with E-state index in [2.05, 4.69) is 41.5 Å². The van der Waals surface area contributed by atoms with Crippen molar-refractivity contribution in [3.63, 3.8) is 0 Å². The smallest absolute Gasteiger partial charge is 0.412 e. The van der Waals surface area contributed by atoms with Gasteiger partial charge in [0.1, 0.15) is 11.3 Å². The zero-order chi connectivity index (χ0) is 23.4. The summed E-state index contributed by atoms with van der Waals surface area (Å²) in [5.74, 6) is 0.755. The van der Waals surface area contributed by atoms with Crippen molar-refractivity contribution in [2.45, 2.75) is 78.0 Å². The van der Waals surface area contributed by atoms with Gasteiger partial charge < -0.3 is 25.0 Å². The minimum atomic E-state index is -0.737. The van der Waals surface area contributed by atoms with Crippen LogP contribution in [-0.4, -0.2) is 110 Å². The molecule has 0 bridgehead atoms. The number of rotatable bonds is 5. The number of nitrogens with zero attached hydrogens (tertiary/aromatic N) is 4. The summed E-state index contributed by atoms with van der Waals surface area (Å²) in [4.78, 5) is 24.2. The highest BCUT2D eigenvalue weighted by Crippen LogP contribution is 2.33. The minimum Gasteiger partial charge on any atom is -0.444 e. The molecule has 2 rings (SSSR count). The molecular weight excluding hydrogens is 396 g/mol. The molecule has 9 heteroatoms. The Bertz CT molecular complexity index is 633. The van der Waals surface area contributed by atoms with E-state index in [4.69, 9.17) is 14.5 Å². The number of amides is 1. The predicted octanol–water partition coefficient (Wildman–Crippen LogP) is 1.55. The van der Waals surface area contributed by atoms with E-state index in [0.717, 1.165) is 32.1 Å². The van der Waals surface area contributed by atoms with Crippen molar-refractivity contribution >= 4 is 12.1 Å². The maximum absolute atomic E-state index is 12.9. The van der Waals surface area contributed by atoms with Gasteiger partial charge in [0, 0.05) is 38.8 Å². The van der Waals surface area contributed by atoms with Crippen LogP contribution in [0.3, 0.4) is 0 Å². The minimum absolute atomic E-state index is 0.129. The molecule has 0 aromatic carbocycles. The van der Waals surface area contributed by atoms with Gasteiger partial charge in [0.05, 0.1) is 18.7 Å². The lowest BCUT2D eigenvalue weighted by atomic mass is 10.1. The third kappa shape index (κ3) is 7.22. The summed E-state index contributed by atoms with van der Waals surface area (Å²) in [6.45, 7) is 18.6. The fourth-order valence-electron chi connectivity index (χ4n) is 4.16. The average molecular weight is 441 g/mol. The Hall–Kier alpha value is -1.58. The molecule has 2 aliphatic heterocycles. The van der Waals surface area contributed by atoms with Gasteiger partial charge in [-0.15, -0.1) is 0 Å². The van der Waals surface area contributed by atoms with Crippen molar-refractivity contribution in [2.24, 2.45) is 4.99 Å². The van der Waals surface area contributed by atoms with Gasteiger partial charge in [-0.1, -0.05) is 0 Å². The van der Waals surface area contributed by atoms with E-state index >= 15 is 0 Å². The van der Waals surface area contributed by atoms with Gasteiger partial charge in [0.2, 0.25) is 0 Å². The Kier molecular flexibility index (Phi) is 8.58. The molecule has 0 aliphatic carbocycles. The molecule has 1 amide bonds. The number of carbonyl (C=O) groups is 1. The zero-order valence-electron chi connectivity index (χ0n) is 21.0. The molecule has 3 unspecified atom stereocenters. The fraction of sp³-hybridized carbons (Fsp3) is 0.909. The highest BCUT2D eigenvalue weighted by atomic mass is 16.6. The van der Waals surface area contributed by atoms with Crippen LogP contribution in [0.25, 0.3) is 0 Å². The molecule has 0 aromatic heterocycles. The van der Waals surface area contributed by atoms with E-state index in [1.54, 1.807) is 4.90 Å². The van der Waals surface area contributed by atoms with E-state index in [9.17, 15) is 4.79 Å². The number of ether oxygens (including phenoxy) is 2. The molecule has 2 N–H and O–H groups in total. The Morgan fingerprint density at radius 3 is 2.52 bits per heavy atom. The van der Waals surface area contributed by atoms with Crippen LogP contribution < -0.4 is 10.6 Å². The number of hydrogen-bond donors (Lipinski definition) is 2. The van der Waals surface area contributed by atoms with Crippen LogP contribution in [0.2, 0.25) is 0 Å². The lowest BCUT2D eigenvalue weighted by Gasteiger charge is -2.37. The molecule has 3 atom stereocenters. The fourth-order valence-corrected chi connectivity index (χ4v) is 4.16. The van der Waals surface area contributed by atoms with Crippen LogP contribution >= 0.6 is 0 Å². The molecule has 0 spiro atoms. The van der Waals surface area contributed by atoms with E-state index in [1.807, 2.05) is 41.5 Å². The topological polar surface area (TPSA) is 81.7 Å². The van der Waals surface area contributed by atoms with Crippen LogP contribution in [0.4, 0.5) is 4.79 Å². The first kappa shape index (κ1) is 25.7. The molecule has 2 heterocycles. The first-order valence-electron chi connectivity index (χ1n) is 11.4. The average Bonchev–Trinajstić information content (AvgIpc) is 2.86. The third-order valence-electron chi connectivity index (χ3n) is 5.78. The standard InChI is InChI=1S/C22H44N6O3/c1-10-23-19(24-13-17-15-26(8)11-12-27(17)9)25-14-18-16(2)30-22(6,7)28(18)20(29)31-21(3,4)5/h16-18H,10-15H2,1-9H3,(H2,23,24,25). The summed E-state index contributed by atoms with van der Waals surface area (Å²) in [5.41, 5.74) is -1.30. The quantitative estimate of drug-likeness (QED) is 0.496. The second-order valence-corrected chi connectivity index (χ2v) is 10.2. The Labute approximate surface area is 188 Å². The molecule has 0 radical (unpaired) electrons. The van der Waals surface area contributed by atoms with Crippen molar-refractivity contribution in [3.05, 3.63) is 0 Å². The third-order valence-corrected chi connectivity index (χ3v) is 5.78. The normalized spacial score (nSPS) is 28.0. The van der Waals surface area contributed by atoms with Crippen LogP contribution in [0.1, 0.15) is 48.5 Å². The number of hydrogen-bond acceptors (Lipinski definition) is 6. The van der Waals surface area contributed by atoms with E-state index in [1.165, 1.54) is 0 Å². The van der Waals surface area contributed by atoms with Crippen molar-refractivity contribution in [1.82, 2.24) is 25.3 Å². The van der Waals surface area contributed by atoms with Gasteiger partial charge >= 0.3 is 6.09 Å². The Balaban J connectivity index is 2.07. The summed E-state index contributed by atoms with van der Waals surface area (Å²) < 4.78 is 11.8. The number of guanidine groups is 1. The van der Waals surface area contributed by atoms with Crippen molar-refractivity contribution in [3.8, 4) is 0 Å². The first-order chi connectivity index (χ1) is 14.3. The molecule has 0 aromatic rings. The van der Waals surface area contributed by atoms with Crippen molar-refractivity contribution < 1.29 is 14.3 Å². The summed E-state index contributed by atoms with van der Waals surface area (Å²) >= 11 is 0. The van der Waals surface area contributed by atoms with E-state index in [0.29, 0.717) is 19.1 Å². The summed E-state index contributed by atoms with van der Waals surface area (Å²) in [5, 5.41) is 6.74. The Morgan fingerprint density at radius 1 is 1.23 bits per heavy atom. The van der Waals surface area contributed by atoms with Gasteiger partial charge in [-0.2, -0.15) is 0 Å². The number of likely N-dealkylation sites (N-methyl/N-ethyl adjacent to an activating group) is 2. The van der Waals surface area contributed by atoms with Crippen LogP contribution in [0.5, 0.6) is 0 Å². The number of aliphatic imine (C=N–C) groups is 1. The summed E-state index contributed by atoms with van der Waals surface area (Å²) in [6.07, 6.45) is -0.488. The van der Waals surface area contributed by atoms with Crippen LogP contribution in [0.15, 0.2) is 4.99 Å². The van der Waals surface area contributed by atoms with Gasteiger partial charge in [0.25, 0.3) is 0 Å². The highest BCUT2D eigenvalue weighted by Gasteiger charge is 2.49. The molecule has 2 fully saturated rings. The maximum Gasteiger partial charge on any atom is 0.412 e. The van der Waals surface area contributed by atoms with Gasteiger partial charge in [0.15, 0.2) is 5.96 Å². The van der Waals surface area contributed by atoms with Crippen molar-refractivity contribution in [2.75, 3.05) is 53.4 Å². The number of piperazine rings is 1. The SMILES string of the molecule is CCNC(=NCC1CN(C)CCN1C)NCC1C(C)OC(C)(C)N1C(=O)OC(C)(C)C. The van der Waals surface area contributed by atoms with E-state index in [-0.39, 0.29) is 18.2 Å². The molecule has 2 saturated heterocycles. The predicted molar refractivity (Wildman–Crippen MR) is 124 cm³/mol. The van der Waals surface area contributed by atoms with Crippen LogP contribution in [-0.2, 0) is 9.47 Å². The van der Waals surface area contributed by atoms with Gasteiger partial charge in [-0.3, -0.25) is 14.8 Å². The Morgan fingerprint density at radius 2 is 1.90 bits per heavy atom. The lowest BCUT2D eigenvalue weighted by molar-refractivity contribution is -0.0755. The first-order valence-corrected chi connectivity index (χ1v) is 11.4. The molecule has 9 nitrogen and oxygen atoms in total. The lowest BCUT2D eigenvalue weighted by Crippen LogP contribution is -2.55. The maximum atomic E-state index is 12.9. The monoisotopic (exact) mass is 440 g/mol. The largest absolute Gasteiger partial charge is 0.444 e. The van der Waals surface area contributed by atoms with Crippen LogP contribution in [0, 0.1) is 0 Å². The van der Waals surface area contributed by atoms with Gasteiger partial charge in [-0.25, -0.2) is 4.79 Å². The molecule has 0 saturated carbocycles. The van der Waals surface area contributed by atoms with Gasteiger partial charge in [-0.05, 0) is 62.6 Å². The number of carbonyl (C=O) groups excluding carboxylic acids is 1. The molecule has 2 aliphatic rings. The molecule has 180 valence electrons. The zero-order valence-corrected chi connectivity index (χ0v) is 21.0. The second-order valence-electron chi connectivity index (χ2n) is 10.2. The second kappa shape index (κ2) is 10.4.